The van der Waals surface area contributed by atoms with Crippen LogP contribution >= 0.6 is 11.5 Å². The van der Waals surface area contributed by atoms with Crippen LogP contribution in [0.3, 0.4) is 0 Å². The van der Waals surface area contributed by atoms with E-state index in [-0.39, 0.29) is 6.04 Å². The Hall–Kier alpha value is -1.08. The van der Waals surface area contributed by atoms with Crippen molar-refractivity contribution in [3.05, 3.63) is 5.82 Å². The maximum atomic E-state index is 5.43. The molecular formula is C11H15N3S. The minimum Gasteiger partial charge on any atom is -0.347 e. The topological polar surface area (TPSA) is 37.8 Å². The van der Waals surface area contributed by atoms with Gasteiger partial charge in [0, 0.05) is 17.5 Å². The van der Waals surface area contributed by atoms with E-state index < -0.39 is 0 Å². The molecule has 0 aromatic carbocycles. The lowest BCUT2D eigenvalue weighted by Gasteiger charge is -2.09. The first-order chi connectivity index (χ1) is 7.33. The van der Waals surface area contributed by atoms with Crippen molar-refractivity contribution in [3.8, 4) is 12.3 Å². The first-order valence-corrected chi connectivity index (χ1v) is 6.17. The molecule has 0 bridgehead atoms. The third-order valence-corrected chi connectivity index (χ3v) is 3.12. The lowest BCUT2D eigenvalue weighted by Crippen LogP contribution is -2.16. The number of anilines is 1. The Bertz CT molecular complexity index is 362. The Morgan fingerprint density at radius 2 is 2.47 bits per heavy atom. The van der Waals surface area contributed by atoms with Crippen LogP contribution in [-0.2, 0) is 0 Å². The second-order valence-electron chi connectivity index (χ2n) is 3.88. The zero-order chi connectivity index (χ0) is 10.7. The molecule has 1 aromatic heterocycles. The number of terminal acetylenes is 1. The van der Waals surface area contributed by atoms with Gasteiger partial charge in [-0.1, -0.05) is 19.3 Å². The normalized spacial score (nSPS) is 17.1. The van der Waals surface area contributed by atoms with Crippen LogP contribution in [0.2, 0.25) is 0 Å². The summed E-state index contributed by atoms with van der Waals surface area (Å²) in [7, 11) is 0. The van der Waals surface area contributed by atoms with Crippen LogP contribution in [0.15, 0.2) is 0 Å². The molecule has 1 atom stereocenters. The first-order valence-electron chi connectivity index (χ1n) is 5.39. The average Bonchev–Trinajstić information content (AvgIpc) is 2.99. The average molecular weight is 221 g/mol. The van der Waals surface area contributed by atoms with Crippen LogP contribution in [0.1, 0.15) is 44.3 Å². The number of nitrogens with one attached hydrogen (secondary N) is 1. The van der Waals surface area contributed by atoms with Gasteiger partial charge in [0.2, 0.25) is 5.13 Å². The van der Waals surface area contributed by atoms with Gasteiger partial charge in [-0.15, -0.1) is 6.42 Å². The molecular weight excluding hydrogens is 206 g/mol. The SMILES string of the molecule is C#CC(CCC)Nc1nc(C2CC2)ns1. The van der Waals surface area contributed by atoms with Crippen molar-refractivity contribution in [2.75, 3.05) is 5.32 Å². The summed E-state index contributed by atoms with van der Waals surface area (Å²) >= 11 is 1.42. The van der Waals surface area contributed by atoms with Gasteiger partial charge in [-0.25, -0.2) is 4.98 Å². The predicted octanol–water partition coefficient (Wildman–Crippen LogP) is 2.63. The van der Waals surface area contributed by atoms with Crippen molar-refractivity contribution in [2.24, 2.45) is 0 Å². The summed E-state index contributed by atoms with van der Waals surface area (Å²) in [6.07, 6.45) is 9.97. The van der Waals surface area contributed by atoms with E-state index in [9.17, 15) is 0 Å². The summed E-state index contributed by atoms with van der Waals surface area (Å²) < 4.78 is 4.33. The molecule has 0 spiro atoms. The van der Waals surface area contributed by atoms with E-state index in [1.54, 1.807) is 0 Å². The van der Waals surface area contributed by atoms with Gasteiger partial charge in [-0.05, 0) is 19.3 Å². The molecule has 80 valence electrons. The smallest absolute Gasteiger partial charge is 0.203 e. The van der Waals surface area contributed by atoms with E-state index in [0.717, 1.165) is 23.8 Å². The first kappa shape index (κ1) is 10.4. The van der Waals surface area contributed by atoms with Crippen molar-refractivity contribution >= 4 is 16.7 Å². The molecule has 1 fully saturated rings. The van der Waals surface area contributed by atoms with Crippen LogP contribution in [-0.4, -0.2) is 15.4 Å². The monoisotopic (exact) mass is 221 g/mol. The van der Waals surface area contributed by atoms with Crippen molar-refractivity contribution in [1.29, 1.82) is 0 Å². The summed E-state index contributed by atoms with van der Waals surface area (Å²) in [6.45, 7) is 2.13. The molecule has 1 heterocycles. The lowest BCUT2D eigenvalue weighted by molar-refractivity contribution is 0.754. The second-order valence-corrected chi connectivity index (χ2v) is 4.64. The number of hydrogen-bond acceptors (Lipinski definition) is 4. The van der Waals surface area contributed by atoms with E-state index in [0.29, 0.717) is 5.92 Å². The molecule has 1 N–H and O–H groups in total. The third kappa shape index (κ3) is 2.69. The van der Waals surface area contributed by atoms with Gasteiger partial charge in [-0.2, -0.15) is 4.37 Å². The standard InChI is InChI=1S/C11H15N3S/c1-3-5-9(4-2)12-11-13-10(14-15-11)8-6-7-8/h2,8-9H,3,5-7H2,1H3,(H,12,13,14). The van der Waals surface area contributed by atoms with Crippen molar-refractivity contribution in [1.82, 2.24) is 9.36 Å². The minimum absolute atomic E-state index is 0.0926. The van der Waals surface area contributed by atoms with Gasteiger partial charge < -0.3 is 5.32 Å². The molecule has 2 rings (SSSR count). The molecule has 0 radical (unpaired) electrons. The van der Waals surface area contributed by atoms with Crippen LogP contribution < -0.4 is 5.32 Å². The highest BCUT2D eigenvalue weighted by atomic mass is 32.1. The van der Waals surface area contributed by atoms with Crippen LogP contribution in [0.25, 0.3) is 0 Å². The summed E-state index contributed by atoms with van der Waals surface area (Å²) in [4.78, 5) is 4.44. The third-order valence-electron chi connectivity index (χ3n) is 2.46. The Morgan fingerprint density at radius 3 is 3.07 bits per heavy atom. The van der Waals surface area contributed by atoms with Crippen molar-refractivity contribution in [2.45, 2.75) is 44.6 Å². The van der Waals surface area contributed by atoms with Crippen LogP contribution in [0.5, 0.6) is 0 Å². The van der Waals surface area contributed by atoms with Gasteiger partial charge in [0.25, 0.3) is 0 Å². The molecule has 1 aromatic rings. The molecule has 0 aliphatic heterocycles. The Morgan fingerprint density at radius 1 is 1.67 bits per heavy atom. The zero-order valence-electron chi connectivity index (χ0n) is 8.86. The minimum atomic E-state index is 0.0926. The van der Waals surface area contributed by atoms with Gasteiger partial charge in [0.05, 0.1) is 6.04 Å². The molecule has 0 saturated heterocycles. The van der Waals surface area contributed by atoms with E-state index in [2.05, 4.69) is 27.5 Å². The largest absolute Gasteiger partial charge is 0.347 e. The fraction of sp³-hybridized carbons (Fsp3) is 0.636. The van der Waals surface area contributed by atoms with Crippen molar-refractivity contribution in [3.63, 3.8) is 0 Å². The number of hydrogen-bond donors (Lipinski definition) is 1. The molecule has 1 unspecified atom stereocenters. The maximum Gasteiger partial charge on any atom is 0.203 e. The van der Waals surface area contributed by atoms with Crippen LogP contribution in [0, 0.1) is 12.3 Å². The predicted molar refractivity (Wildman–Crippen MR) is 63.0 cm³/mol. The highest BCUT2D eigenvalue weighted by Gasteiger charge is 2.27. The number of aromatic nitrogens is 2. The Kier molecular flexibility index (Phi) is 3.22. The van der Waals surface area contributed by atoms with E-state index in [1.165, 1.54) is 24.4 Å². The highest BCUT2D eigenvalue weighted by molar-refractivity contribution is 7.09. The molecule has 3 nitrogen and oxygen atoms in total. The number of rotatable bonds is 5. The molecule has 0 amide bonds. The second kappa shape index (κ2) is 4.63. The van der Waals surface area contributed by atoms with Crippen LogP contribution in [0.4, 0.5) is 5.13 Å². The van der Waals surface area contributed by atoms with Gasteiger partial charge >= 0.3 is 0 Å². The zero-order valence-corrected chi connectivity index (χ0v) is 9.68. The molecule has 1 aliphatic carbocycles. The van der Waals surface area contributed by atoms with E-state index >= 15 is 0 Å². The number of nitrogens with zero attached hydrogens (tertiary/aromatic N) is 2. The lowest BCUT2D eigenvalue weighted by atomic mass is 10.2. The molecule has 4 heteroatoms. The van der Waals surface area contributed by atoms with Crippen molar-refractivity contribution < 1.29 is 0 Å². The fourth-order valence-electron chi connectivity index (χ4n) is 1.44. The van der Waals surface area contributed by atoms with E-state index in [1.807, 2.05) is 0 Å². The fourth-order valence-corrected chi connectivity index (χ4v) is 2.13. The quantitative estimate of drug-likeness (QED) is 0.777. The Labute approximate surface area is 94.5 Å². The molecule has 1 saturated carbocycles. The highest BCUT2D eigenvalue weighted by Crippen LogP contribution is 2.39. The summed E-state index contributed by atoms with van der Waals surface area (Å²) in [6, 6.07) is 0.0926. The molecule has 15 heavy (non-hydrogen) atoms. The summed E-state index contributed by atoms with van der Waals surface area (Å²) in [5, 5.41) is 4.11. The molecule has 1 aliphatic rings. The van der Waals surface area contributed by atoms with E-state index in [4.69, 9.17) is 6.42 Å². The van der Waals surface area contributed by atoms with Gasteiger partial charge in [0.1, 0.15) is 5.82 Å². The maximum absolute atomic E-state index is 5.43. The summed E-state index contributed by atoms with van der Waals surface area (Å²) in [5.41, 5.74) is 0. The van der Waals surface area contributed by atoms with Gasteiger partial charge in [-0.3, -0.25) is 0 Å². The Balaban J connectivity index is 1.94. The van der Waals surface area contributed by atoms with Gasteiger partial charge in [0.15, 0.2) is 0 Å². The summed E-state index contributed by atoms with van der Waals surface area (Å²) in [5.74, 6) is 4.35.